The molecule has 2 heterocycles. The van der Waals surface area contributed by atoms with Gasteiger partial charge in [0, 0.05) is 24.2 Å². The first-order chi connectivity index (χ1) is 16.2. The number of aliphatic carboxylic acids is 2. The van der Waals surface area contributed by atoms with Crippen LogP contribution in [0.25, 0.3) is 11.2 Å². The molecular formula is C21H23N7O6. The number of aryl methyl sites for hydroxylation is 1. The molecule has 0 aliphatic heterocycles. The summed E-state index contributed by atoms with van der Waals surface area (Å²) in [6, 6.07) is 5.13. The van der Waals surface area contributed by atoms with Crippen LogP contribution < -0.4 is 21.9 Å². The number of rotatable bonds is 11. The van der Waals surface area contributed by atoms with E-state index in [0.717, 1.165) is 5.69 Å². The number of anilines is 2. The summed E-state index contributed by atoms with van der Waals surface area (Å²) < 4.78 is 0. The van der Waals surface area contributed by atoms with E-state index in [1.807, 2.05) is 0 Å². The van der Waals surface area contributed by atoms with Gasteiger partial charge in [-0.25, -0.2) is 14.8 Å². The van der Waals surface area contributed by atoms with Gasteiger partial charge in [0.15, 0.2) is 11.2 Å². The van der Waals surface area contributed by atoms with E-state index in [4.69, 9.17) is 15.9 Å². The van der Waals surface area contributed by atoms with Gasteiger partial charge in [-0.1, -0.05) is 0 Å². The van der Waals surface area contributed by atoms with Crippen LogP contribution in [0.5, 0.6) is 0 Å². The summed E-state index contributed by atoms with van der Waals surface area (Å²) in [5, 5.41) is 23.4. The molecule has 3 aromatic rings. The summed E-state index contributed by atoms with van der Waals surface area (Å²) in [7, 11) is 0. The van der Waals surface area contributed by atoms with E-state index >= 15 is 0 Å². The molecule has 0 saturated carbocycles. The minimum absolute atomic E-state index is 0.0212. The van der Waals surface area contributed by atoms with Crippen LogP contribution >= 0.6 is 0 Å². The van der Waals surface area contributed by atoms with Crippen molar-refractivity contribution in [1.29, 1.82) is 0 Å². The summed E-state index contributed by atoms with van der Waals surface area (Å²) in [5.41, 5.74) is 6.98. The van der Waals surface area contributed by atoms with E-state index in [-0.39, 0.29) is 35.5 Å². The van der Waals surface area contributed by atoms with Gasteiger partial charge in [0.05, 0.1) is 11.9 Å². The Morgan fingerprint density at radius 1 is 1.12 bits per heavy atom. The molecule has 0 aliphatic rings. The van der Waals surface area contributed by atoms with Crippen LogP contribution in [-0.2, 0) is 16.0 Å². The molecule has 3 rings (SSSR count). The fraction of sp³-hybridized carbons (Fsp3) is 0.286. The quantitative estimate of drug-likeness (QED) is 0.211. The van der Waals surface area contributed by atoms with Gasteiger partial charge < -0.3 is 26.6 Å². The van der Waals surface area contributed by atoms with E-state index < -0.39 is 29.4 Å². The van der Waals surface area contributed by atoms with Gasteiger partial charge in [-0.05, 0) is 43.5 Å². The number of nitrogens with zero attached hydrogens (tertiary/aromatic N) is 3. The molecule has 1 atom stereocenters. The number of nitrogens with one attached hydrogen (secondary N) is 3. The molecule has 0 unspecified atom stereocenters. The number of amides is 1. The molecule has 2 aromatic heterocycles. The molecule has 1 aromatic carbocycles. The molecule has 178 valence electrons. The maximum atomic E-state index is 12.3. The summed E-state index contributed by atoms with van der Waals surface area (Å²) in [4.78, 5) is 60.8. The number of hydrogen-bond donors (Lipinski definition) is 6. The summed E-state index contributed by atoms with van der Waals surface area (Å²) in [5.74, 6) is -3.06. The third kappa shape index (κ3) is 6.48. The fourth-order valence-electron chi connectivity index (χ4n) is 3.10. The Labute approximate surface area is 192 Å². The van der Waals surface area contributed by atoms with Crippen molar-refractivity contribution in [3.05, 3.63) is 52.1 Å². The van der Waals surface area contributed by atoms with Crippen molar-refractivity contribution in [2.75, 3.05) is 17.6 Å². The molecule has 0 radical (unpaired) electrons. The lowest BCUT2D eigenvalue weighted by molar-refractivity contribution is -0.140. The fourth-order valence-corrected chi connectivity index (χ4v) is 3.10. The number of benzene rings is 1. The molecule has 0 saturated heterocycles. The average Bonchev–Trinajstić information content (AvgIpc) is 2.79. The highest BCUT2D eigenvalue weighted by Crippen LogP contribution is 2.11. The first kappa shape index (κ1) is 24.1. The lowest BCUT2D eigenvalue weighted by Gasteiger charge is -2.14. The number of aromatic amines is 1. The van der Waals surface area contributed by atoms with Gasteiger partial charge in [0.1, 0.15) is 6.04 Å². The smallest absolute Gasteiger partial charge is 0.326 e. The van der Waals surface area contributed by atoms with Gasteiger partial charge in [-0.2, -0.15) is 4.98 Å². The molecule has 13 nitrogen and oxygen atoms in total. The first-order valence-corrected chi connectivity index (χ1v) is 10.3. The molecule has 7 N–H and O–H groups in total. The maximum absolute atomic E-state index is 12.3. The zero-order valence-electron chi connectivity index (χ0n) is 17.9. The molecule has 1 amide bonds. The van der Waals surface area contributed by atoms with Gasteiger partial charge >= 0.3 is 11.9 Å². The second-order valence-electron chi connectivity index (χ2n) is 7.39. The van der Waals surface area contributed by atoms with Crippen LogP contribution in [0.4, 0.5) is 11.6 Å². The van der Waals surface area contributed by atoms with Crippen molar-refractivity contribution in [3.8, 4) is 0 Å². The Morgan fingerprint density at radius 2 is 1.85 bits per heavy atom. The number of carboxylic acids is 2. The largest absolute Gasteiger partial charge is 0.481 e. The van der Waals surface area contributed by atoms with E-state index in [1.165, 1.54) is 12.1 Å². The minimum Gasteiger partial charge on any atom is -0.481 e. The summed E-state index contributed by atoms with van der Waals surface area (Å²) in [6.45, 7) is 0.581. The molecule has 0 spiro atoms. The molecule has 0 fully saturated rings. The highest BCUT2D eigenvalue weighted by atomic mass is 16.4. The first-order valence-electron chi connectivity index (χ1n) is 10.3. The van der Waals surface area contributed by atoms with E-state index in [1.54, 1.807) is 18.3 Å². The van der Waals surface area contributed by atoms with Crippen LogP contribution in [0.1, 0.15) is 35.3 Å². The van der Waals surface area contributed by atoms with Crippen LogP contribution in [0.2, 0.25) is 0 Å². The van der Waals surface area contributed by atoms with Crippen LogP contribution in [-0.4, -0.2) is 60.6 Å². The second kappa shape index (κ2) is 10.8. The standard InChI is InChI=1S/C21H23N7O6/c22-21-27-17-16(19(32)28-21)25-13(10-24-17)2-1-9-23-12-5-3-11(4-6-12)18(31)26-14(20(33)34)7-8-15(29)30/h3-6,10,14,23H,1-2,7-9H2,(H,26,31)(H,29,30)(H,33,34)(H3,22,24,27,28,32)/t14-/m1/s1. The van der Waals surface area contributed by atoms with Crippen LogP contribution in [0, 0.1) is 0 Å². The lowest BCUT2D eigenvalue weighted by Crippen LogP contribution is -2.41. The highest BCUT2D eigenvalue weighted by Gasteiger charge is 2.21. The summed E-state index contributed by atoms with van der Waals surface area (Å²) >= 11 is 0. The Morgan fingerprint density at radius 3 is 2.53 bits per heavy atom. The lowest BCUT2D eigenvalue weighted by atomic mass is 10.1. The average molecular weight is 469 g/mol. The normalized spacial score (nSPS) is 11.6. The number of aromatic nitrogens is 4. The summed E-state index contributed by atoms with van der Waals surface area (Å²) in [6.07, 6.45) is 2.21. The van der Waals surface area contributed by atoms with Crippen LogP contribution in [0.15, 0.2) is 35.3 Å². The number of carboxylic acid groups (broad SMARTS) is 2. The zero-order chi connectivity index (χ0) is 24.7. The Hall–Kier alpha value is -4.55. The molecule has 13 heteroatoms. The molecule has 0 bridgehead atoms. The third-order valence-electron chi connectivity index (χ3n) is 4.82. The highest BCUT2D eigenvalue weighted by molar-refractivity contribution is 5.96. The number of H-pyrrole nitrogens is 1. The van der Waals surface area contributed by atoms with Crippen molar-refractivity contribution in [2.24, 2.45) is 0 Å². The van der Waals surface area contributed by atoms with Crippen LogP contribution in [0.3, 0.4) is 0 Å². The number of carbonyl (C=O) groups excluding carboxylic acids is 1. The molecule has 0 aliphatic carbocycles. The second-order valence-corrected chi connectivity index (χ2v) is 7.39. The van der Waals surface area contributed by atoms with Crippen molar-refractivity contribution < 1.29 is 24.6 Å². The topological polar surface area (TPSA) is 213 Å². The molecule has 34 heavy (non-hydrogen) atoms. The number of carbonyl (C=O) groups is 3. The molecular weight excluding hydrogens is 446 g/mol. The number of nitrogen functional groups attached to an aromatic ring is 1. The Balaban J connectivity index is 1.49. The SMILES string of the molecule is Nc1nc2ncc(CCCNc3ccc(C(=O)N[C@H](CCC(=O)O)C(=O)O)cc3)nc2c(=O)[nH]1. The number of fused-ring (bicyclic) bond motifs is 1. The van der Waals surface area contributed by atoms with Crippen molar-refractivity contribution >= 4 is 40.6 Å². The van der Waals surface area contributed by atoms with Gasteiger partial charge in [-0.15, -0.1) is 0 Å². The minimum atomic E-state index is -1.30. The third-order valence-corrected chi connectivity index (χ3v) is 4.82. The predicted octanol–water partition coefficient (Wildman–Crippen LogP) is 0.388. The number of nitrogens with two attached hydrogens (primary N) is 1. The predicted molar refractivity (Wildman–Crippen MR) is 121 cm³/mol. The van der Waals surface area contributed by atoms with Gasteiger partial charge in [0.2, 0.25) is 5.95 Å². The van der Waals surface area contributed by atoms with E-state index in [2.05, 4.69) is 30.6 Å². The van der Waals surface area contributed by atoms with E-state index in [0.29, 0.717) is 25.1 Å². The van der Waals surface area contributed by atoms with Crippen molar-refractivity contribution in [2.45, 2.75) is 31.7 Å². The monoisotopic (exact) mass is 469 g/mol. The maximum Gasteiger partial charge on any atom is 0.326 e. The Bertz CT molecular complexity index is 1260. The van der Waals surface area contributed by atoms with Crippen molar-refractivity contribution in [1.82, 2.24) is 25.3 Å². The number of hydrogen-bond acceptors (Lipinski definition) is 9. The van der Waals surface area contributed by atoms with Gasteiger partial charge in [-0.3, -0.25) is 19.4 Å². The van der Waals surface area contributed by atoms with E-state index in [9.17, 15) is 19.2 Å². The van der Waals surface area contributed by atoms with Gasteiger partial charge in [0.25, 0.3) is 11.5 Å². The zero-order valence-corrected chi connectivity index (χ0v) is 17.9. The Kier molecular flexibility index (Phi) is 7.69. The van der Waals surface area contributed by atoms with Crippen molar-refractivity contribution in [3.63, 3.8) is 0 Å².